The van der Waals surface area contributed by atoms with E-state index in [1.54, 1.807) is 5.57 Å². The van der Waals surface area contributed by atoms with Crippen molar-refractivity contribution in [3.05, 3.63) is 11.1 Å². The summed E-state index contributed by atoms with van der Waals surface area (Å²) in [6.45, 7) is 4.82. The van der Waals surface area contributed by atoms with E-state index in [9.17, 15) is 0 Å². The molecule has 3 rings (SSSR count). The number of hydrogen-bond donors (Lipinski definition) is 0. The summed E-state index contributed by atoms with van der Waals surface area (Å²) in [6.07, 6.45) is 3.02. The maximum atomic E-state index is 2.44. The van der Waals surface area contributed by atoms with Gasteiger partial charge in [0.1, 0.15) is 0 Å². The van der Waals surface area contributed by atoms with Gasteiger partial charge in [-0.25, -0.2) is 0 Å². The van der Waals surface area contributed by atoms with Crippen LogP contribution in [0.5, 0.6) is 0 Å². The molecule has 0 aromatic carbocycles. The Kier molecular flexibility index (Phi) is 2.02. The molecule has 1 fully saturated rings. The van der Waals surface area contributed by atoms with Crippen LogP contribution in [0.1, 0.15) is 26.7 Å². The zero-order valence-corrected chi connectivity index (χ0v) is 9.68. The maximum absolute atomic E-state index is 2.44. The van der Waals surface area contributed by atoms with Crippen molar-refractivity contribution < 1.29 is 21.2 Å². The average molecular weight is 263 g/mol. The van der Waals surface area contributed by atoms with Gasteiger partial charge in [-0.15, -0.1) is 0 Å². The van der Waals surface area contributed by atoms with Gasteiger partial charge in [0.05, 0.1) is 0 Å². The normalized spacial score (nSPS) is 37.7. The fourth-order valence-corrected chi connectivity index (χ4v) is 4.21. The van der Waals surface area contributed by atoms with Crippen LogP contribution in [0.3, 0.4) is 0 Å². The number of allylic oxidation sites excluding steroid dienone is 2. The first-order chi connectivity index (χ1) is 5.24. The van der Waals surface area contributed by atoms with Crippen molar-refractivity contribution in [1.29, 1.82) is 0 Å². The van der Waals surface area contributed by atoms with Crippen LogP contribution < -0.4 is 21.2 Å². The summed E-state index contributed by atoms with van der Waals surface area (Å²) in [7, 11) is 0. The Hall–Kier alpha value is 0.470. The van der Waals surface area contributed by atoms with E-state index in [4.69, 9.17) is 0 Å². The molecule has 0 amide bonds. The molecule has 0 aromatic heterocycles. The summed E-state index contributed by atoms with van der Waals surface area (Å²) in [6, 6.07) is 0. The number of rotatable bonds is 2. The fraction of sp³-hybridized carbons (Fsp3) is 0.800. The van der Waals surface area contributed by atoms with Crippen LogP contribution in [0.15, 0.2) is 11.1 Å². The molecular weight excluding hydrogens is 247 g/mol. The minimum atomic E-state index is 0.446. The Morgan fingerprint density at radius 2 is 2.00 bits per heavy atom. The van der Waals surface area contributed by atoms with Gasteiger partial charge >= 0.3 is 79.7 Å². The first-order valence-corrected chi connectivity index (χ1v) is 7.83. The third-order valence-electron chi connectivity index (χ3n) is 3.40. The first kappa shape index (κ1) is 8.09. The van der Waals surface area contributed by atoms with E-state index in [1.165, 1.54) is 12.8 Å². The molecule has 1 heteroatoms. The molecule has 0 aromatic rings. The van der Waals surface area contributed by atoms with E-state index in [1.807, 2.05) is 5.57 Å². The second kappa shape index (κ2) is 2.75. The van der Waals surface area contributed by atoms with Gasteiger partial charge in [-0.2, -0.15) is 0 Å². The van der Waals surface area contributed by atoms with Crippen LogP contribution in [0.2, 0.25) is 0 Å². The van der Waals surface area contributed by atoms with E-state index < -0.39 is 0 Å². The zero-order valence-electron chi connectivity index (χ0n) is 7.52. The molecule has 1 unspecified atom stereocenters. The molecule has 64 valence electrons. The van der Waals surface area contributed by atoms with E-state index in [0.717, 1.165) is 15.8 Å². The Bertz CT molecular complexity index is 199. The number of halogens is 1. The molecule has 0 spiro atoms. The summed E-state index contributed by atoms with van der Waals surface area (Å²) in [5.41, 5.74) is 3.66. The standard InChI is InChI=1S/C10H16I/c1-6-8-4-9(5-8)10(6)7(2)11-3/h7-9H,4-5H2,1-3H3/q-1. The summed E-state index contributed by atoms with van der Waals surface area (Å²) in [4.78, 5) is 2.42. The van der Waals surface area contributed by atoms with Gasteiger partial charge in [0.25, 0.3) is 0 Å². The van der Waals surface area contributed by atoms with Crippen LogP contribution in [0.4, 0.5) is 0 Å². The first-order valence-electron chi connectivity index (χ1n) is 4.42. The van der Waals surface area contributed by atoms with Crippen LogP contribution in [0, 0.1) is 11.8 Å². The Labute approximate surface area is 79.7 Å². The minimum absolute atomic E-state index is 0.446. The van der Waals surface area contributed by atoms with Crippen LogP contribution in [-0.2, 0) is 0 Å². The molecule has 0 saturated heterocycles. The van der Waals surface area contributed by atoms with Gasteiger partial charge in [0, 0.05) is 0 Å². The molecule has 0 radical (unpaired) electrons. The van der Waals surface area contributed by atoms with Gasteiger partial charge in [0.2, 0.25) is 0 Å². The van der Waals surface area contributed by atoms with E-state index in [0.29, 0.717) is 21.2 Å². The Morgan fingerprint density at radius 1 is 1.36 bits per heavy atom. The fourth-order valence-electron chi connectivity index (χ4n) is 2.54. The van der Waals surface area contributed by atoms with Gasteiger partial charge in [0.15, 0.2) is 0 Å². The van der Waals surface area contributed by atoms with Gasteiger partial charge in [-0.3, -0.25) is 0 Å². The second-order valence-electron chi connectivity index (χ2n) is 3.84. The molecular formula is C10H16I-. The van der Waals surface area contributed by atoms with E-state index in [2.05, 4.69) is 18.8 Å². The number of alkyl halides is 2. The van der Waals surface area contributed by atoms with Crippen molar-refractivity contribution in [3.8, 4) is 0 Å². The van der Waals surface area contributed by atoms with E-state index in [-0.39, 0.29) is 0 Å². The summed E-state index contributed by atoms with van der Waals surface area (Å²) in [5.74, 6) is 2.06. The van der Waals surface area contributed by atoms with Crippen LogP contribution >= 0.6 is 0 Å². The average Bonchev–Trinajstić information content (AvgIpc) is 2.36. The van der Waals surface area contributed by atoms with Gasteiger partial charge in [-0.05, 0) is 0 Å². The third kappa shape index (κ3) is 1.07. The van der Waals surface area contributed by atoms with Crippen molar-refractivity contribution in [2.45, 2.75) is 30.6 Å². The summed E-state index contributed by atoms with van der Waals surface area (Å²) in [5, 5.41) is 0. The van der Waals surface area contributed by atoms with E-state index >= 15 is 0 Å². The van der Waals surface area contributed by atoms with Crippen LogP contribution in [0.25, 0.3) is 0 Å². The SMILES string of the molecule is C[I-]C(C)C1=C(C)C2CC1C2. The third-order valence-corrected chi connectivity index (χ3v) is 5.94. The monoisotopic (exact) mass is 263 g/mol. The second-order valence-corrected chi connectivity index (χ2v) is 6.95. The Morgan fingerprint density at radius 3 is 2.36 bits per heavy atom. The molecule has 0 heterocycles. The van der Waals surface area contributed by atoms with Crippen molar-refractivity contribution in [1.82, 2.24) is 0 Å². The van der Waals surface area contributed by atoms with Crippen molar-refractivity contribution >= 4 is 0 Å². The van der Waals surface area contributed by atoms with Crippen LogP contribution in [-0.4, -0.2) is 8.86 Å². The topological polar surface area (TPSA) is 0 Å². The number of hydrogen-bond acceptors (Lipinski definition) is 0. The molecule has 0 N–H and O–H groups in total. The van der Waals surface area contributed by atoms with Crippen molar-refractivity contribution in [2.75, 3.05) is 4.93 Å². The molecule has 0 nitrogen and oxygen atoms in total. The van der Waals surface area contributed by atoms with Crippen molar-refractivity contribution in [2.24, 2.45) is 11.8 Å². The molecule has 1 saturated carbocycles. The molecule has 2 bridgehead atoms. The quantitative estimate of drug-likeness (QED) is 0.356. The summed E-state index contributed by atoms with van der Waals surface area (Å²) >= 11 is 0.446. The molecule has 3 aliphatic rings. The molecule has 1 atom stereocenters. The molecule has 11 heavy (non-hydrogen) atoms. The summed E-state index contributed by atoms with van der Waals surface area (Å²) < 4.78 is 0.978. The predicted molar refractivity (Wildman–Crippen MR) is 44.3 cm³/mol. The predicted octanol–water partition coefficient (Wildman–Crippen LogP) is -0.550. The van der Waals surface area contributed by atoms with Gasteiger partial charge in [-0.1, -0.05) is 0 Å². The van der Waals surface area contributed by atoms with Gasteiger partial charge < -0.3 is 0 Å². The molecule has 0 aliphatic heterocycles. The molecule has 3 aliphatic carbocycles. The van der Waals surface area contributed by atoms with Crippen molar-refractivity contribution in [3.63, 3.8) is 0 Å². The Balaban J connectivity index is 2.19. The zero-order chi connectivity index (χ0) is 8.01.